The van der Waals surface area contributed by atoms with Crippen LogP contribution >= 0.6 is 0 Å². The van der Waals surface area contributed by atoms with E-state index in [1.807, 2.05) is 38.1 Å². The highest BCUT2D eigenvalue weighted by atomic mass is 16.4. The fourth-order valence-electron chi connectivity index (χ4n) is 4.58. The third-order valence-electron chi connectivity index (χ3n) is 6.52. The van der Waals surface area contributed by atoms with Crippen LogP contribution in [0.5, 0.6) is 0 Å². The molecule has 6 heteroatoms. The van der Waals surface area contributed by atoms with Gasteiger partial charge in [0.1, 0.15) is 23.6 Å². The molecular formula is C30H20N2O4. The molecule has 2 heterocycles. The summed E-state index contributed by atoms with van der Waals surface area (Å²) in [5, 5.41) is 0. The Morgan fingerprint density at radius 2 is 1.00 bits per heavy atom. The number of fused-ring (bicyclic) bond motifs is 2. The molecular weight excluding hydrogens is 452 g/mol. The number of nitrogens with zero attached hydrogens (tertiary/aromatic N) is 2. The first kappa shape index (κ1) is 21.7. The topological polar surface area (TPSA) is 86.2 Å². The second kappa shape index (κ2) is 8.43. The van der Waals surface area contributed by atoms with E-state index in [1.165, 1.54) is 0 Å². The first-order chi connectivity index (χ1) is 17.6. The largest absolute Gasteiger partial charge is 0.436 e. The molecule has 0 N–H and O–H groups in total. The highest BCUT2D eigenvalue weighted by Crippen LogP contribution is 2.37. The van der Waals surface area contributed by atoms with Crippen LogP contribution in [-0.4, -0.2) is 22.5 Å². The van der Waals surface area contributed by atoms with E-state index in [2.05, 4.69) is 22.1 Å². The Hall–Kier alpha value is -4.84. The summed E-state index contributed by atoms with van der Waals surface area (Å²) in [6, 6.07) is 22.5. The van der Waals surface area contributed by atoms with E-state index >= 15 is 0 Å². The van der Waals surface area contributed by atoms with Gasteiger partial charge in [-0.2, -0.15) is 0 Å². The SMILES string of the molecule is Cc1c(-c2nc3ccc(C=O)cc3o2)cccc1-c1cccc(-c2nc3ccc(C=O)cc3o2)c1C. The summed E-state index contributed by atoms with van der Waals surface area (Å²) in [5.41, 5.74) is 9.53. The summed E-state index contributed by atoms with van der Waals surface area (Å²) >= 11 is 0. The van der Waals surface area contributed by atoms with Crippen LogP contribution in [0.4, 0.5) is 0 Å². The fraction of sp³-hybridized carbons (Fsp3) is 0.0667. The first-order valence-electron chi connectivity index (χ1n) is 11.5. The summed E-state index contributed by atoms with van der Waals surface area (Å²) in [6.07, 6.45) is 1.59. The van der Waals surface area contributed by atoms with Crippen molar-refractivity contribution in [2.75, 3.05) is 0 Å². The minimum absolute atomic E-state index is 0.506. The van der Waals surface area contributed by atoms with Crippen molar-refractivity contribution in [3.8, 4) is 34.0 Å². The Bertz CT molecular complexity index is 1680. The van der Waals surface area contributed by atoms with Crippen LogP contribution in [0.25, 0.3) is 56.2 Å². The van der Waals surface area contributed by atoms with Gasteiger partial charge in [0.2, 0.25) is 11.8 Å². The third-order valence-corrected chi connectivity index (χ3v) is 6.52. The Morgan fingerprint density at radius 3 is 1.42 bits per heavy atom. The average Bonchev–Trinajstić information content (AvgIpc) is 3.52. The third kappa shape index (κ3) is 3.51. The van der Waals surface area contributed by atoms with Gasteiger partial charge in [0.15, 0.2) is 11.2 Å². The molecule has 0 aliphatic rings. The van der Waals surface area contributed by atoms with Crippen LogP contribution in [0.1, 0.15) is 31.8 Å². The molecule has 0 aliphatic heterocycles. The van der Waals surface area contributed by atoms with Crippen LogP contribution in [0.3, 0.4) is 0 Å². The lowest BCUT2D eigenvalue weighted by molar-refractivity contribution is 0.111. The van der Waals surface area contributed by atoms with Crippen LogP contribution < -0.4 is 0 Å². The molecule has 0 bridgehead atoms. The Morgan fingerprint density at radius 1 is 0.583 bits per heavy atom. The Balaban J connectivity index is 1.45. The van der Waals surface area contributed by atoms with E-state index in [0.717, 1.165) is 46.0 Å². The minimum atomic E-state index is 0.506. The van der Waals surface area contributed by atoms with Gasteiger partial charge >= 0.3 is 0 Å². The van der Waals surface area contributed by atoms with Gasteiger partial charge < -0.3 is 8.83 Å². The predicted octanol–water partition coefficient (Wildman–Crippen LogP) is 7.21. The standard InChI is InChI=1S/C30H20N2O4/c1-17-21(5-3-7-23(17)29-31-25-11-9-19(15-33)13-27(25)35-29)22-6-4-8-24(18(22)2)30-32-26-12-10-20(16-34)14-28(26)36-30/h3-16H,1-2H3. The van der Waals surface area contributed by atoms with Gasteiger partial charge in [0, 0.05) is 22.3 Å². The number of hydrogen-bond acceptors (Lipinski definition) is 6. The van der Waals surface area contributed by atoms with Gasteiger partial charge in [-0.3, -0.25) is 9.59 Å². The normalized spacial score (nSPS) is 11.3. The zero-order valence-corrected chi connectivity index (χ0v) is 19.6. The summed E-state index contributed by atoms with van der Waals surface area (Å²) in [7, 11) is 0. The van der Waals surface area contributed by atoms with Gasteiger partial charge in [0.05, 0.1) is 0 Å². The molecule has 0 atom stereocenters. The number of aromatic nitrogens is 2. The molecule has 6 rings (SSSR count). The maximum absolute atomic E-state index is 11.1. The van der Waals surface area contributed by atoms with Gasteiger partial charge in [-0.05, 0) is 84.6 Å². The lowest BCUT2D eigenvalue weighted by Crippen LogP contribution is -1.93. The molecule has 4 aromatic carbocycles. The summed E-state index contributed by atoms with van der Waals surface area (Å²) < 4.78 is 12.0. The zero-order valence-electron chi connectivity index (χ0n) is 19.6. The lowest BCUT2D eigenvalue weighted by atomic mass is 9.91. The average molecular weight is 473 g/mol. The summed E-state index contributed by atoms with van der Waals surface area (Å²) in [5.74, 6) is 1.01. The number of rotatable bonds is 5. The van der Waals surface area contributed by atoms with E-state index < -0.39 is 0 Å². The molecule has 6 aromatic rings. The first-order valence-corrected chi connectivity index (χ1v) is 11.5. The molecule has 0 unspecified atom stereocenters. The van der Waals surface area contributed by atoms with Crippen molar-refractivity contribution in [3.05, 3.63) is 95.1 Å². The van der Waals surface area contributed by atoms with E-state index in [-0.39, 0.29) is 0 Å². The van der Waals surface area contributed by atoms with Crippen molar-refractivity contribution < 1.29 is 18.4 Å². The van der Waals surface area contributed by atoms with Crippen molar-refractivity contribution in [3.63, 3.8) is 0 Å². The van der Waals surface area contributed by atoms with Gasteiger partial charge in [0.25, 0.3) is 0 Å². The molecule has 0 fully saturated rings. The summed E-state index contributed by atoms with van der Waals surface area (Å²) in [4.78, 5) is 31.6. The molecule has 6 nitrogen and oxygen atoms in total. The second-order valence-electron chi connectivity index (χ2n) is 8.68. The zero-order chi connectivity index (χ0) is 24.8. The molecule has 174 valence electrons. The maximum Gasteiger partial charge on any atom is 0.227 e. The van der Waals surface area contributed by atoms with Crippen molar-refractivity contribution in [2.45, 2.75) is 13.8 Å². The number of carbonyl (C=O) groups excluding carboxylic acids is 2. The van der Waals surface area contributed by atoms with Gasteiger partial charge in [-0.25, -0.2) is 9.97 Å². The maximum atomic E-state index is 11.1. The van der Waals surface area contributed by atoms with Gasteiger partial charge in [-0.1, -0.05) is 24.3 Å². The fourth-order valence-corrected chi connectivity index (χ4v) is 4.58. The van der Waals surface area contributed by atoms with E-state index in [1.54, 1.807) is 36.4 Å². The monoisotopic (exact) mass is 472 g/mol. The van der Waals surface area contributed by atoms with Crippen molar-refractivity contribution in [1.29, 1.82) is 0 Å². The second-order valence-corrected chi connectivity index (χ2v) is 8.68. The Kier molecular flexibility index (Phi) is 5.08. The number of carbonyl (C=O) groups is 2. The number of oxazole rings is 2. The van der Waals surface area contributed by atoms with E-state index in [0.29, 0.717) is 45.1 Å². The number of aldehydes is 2. The highest BCUT2D eigenvalue weighted by molar-refractivity contribution is 5.88. The number of hydrogen-bond donors (Lipinski definition) is 0. The van der Waals surface area contributed by atoms with Crippen molar-refractivity contribution >= 4 is 34.8 Å². The molecule has 36 heavy (non-hydrogen) atoms. The molecule has 0 saturated carbocycles. The van der Waals surface area contributed by atoms with E-state index in [4.69, 9.17) is 8.83 Å². The molecule has 0 aliphatic carbocycles. The van der Waals surface area contributed by atoms with Crippen molar-refractivity contribution in [1.82, 2.24) is 9.97 Å². The number of benzene rings is 4. The molecule has 0 amide bonds. The summed E-state index contributed by atoms with van der Waals surface area (Å²) in [6.45, 7) is 4.09. The smallest absolute Gasteiger partial charge is 0.227 e. The lowest BCUT2D eigenvalue weighted by Gasteiger charge is -2.14. The van der Waals surface area contributed by atoms with Crippen LogP contribution in [0.2, 0.25) is 0 Å². The minimum Gasteiger partial charge on any atom is -0.436 e. The Labute approximate surface area is 206 Å². The van der Waals surface area contributed by atoms with Gasteiger partial charge in [-0.15, -0.1) is 0 Å². The molecule has 2 aromatic heterocycles. The quantitative estimate of drug-likeness (QED) is 0.246. The molecule has 0 spiro atoms. The van der Waals surface area contributed by atoms with E-state index in [9.17, 15) is 9.59 Å². The van der Waals surface area contributed by atoms with Crippen LogP contribution in [0.15, 0.2) is 81.6 Å². The predicted molar refractivity (Wildman–Crippen MR) is 138 cm³/mol. The molecule has 0 radical (unpaired) electrons. The van der Waals surface area contributed by atoms with Crippen LogP contribution in [-0.2, 0) is 0 Å². The highest BCUT2D eigenvalue weighted by Gasteiger charge is 2.18. The van der Waals surface area contributed by atoms with Crippen molar-refractivity contribution in [2.24, 2.45) is 0 Å². The molecule has 0 saturated heterocycles. The van der Waals surface area contributed by atoms with Crippen LogP contribution in [0, 0.1) is 13.8 Å².